The molecule has 0 aliphatic carbocycles. The number of aliphatic hydroxyl groups is 2. The Labute approximate surface area is 256 Å². The van der Waals surface area contributed by atoms with E-state index in [1.807, 2.05) is 43.4 Å². The Morgan fingerprint density at radius 3 is 2.55 bits per heavy atom. The summed E-state index contributed by atoms with van der Waals surface area (Å²) in [5.74, 6) is -2.16. The number of esters is 1. The van der Waals surface area contributed by atoms with E-state index in [1.54, 1.807) is 0 Å². The van der Waals surface area contributed by atoms with Crippen molar-refractivity contribution in [3.63, 3.8) is 0 Å². The number of nitrogen functional groups attached to an aromatic ring is 1. The monoisotopic (exact) mass is 727 g/mol. The van der Waals surface area contributed by atoms with Gasteiger partial charge in [-0.25, -0.2) is 9.78 Å². The van der Waals surface area contributed by atoms with E-state index in [4.69, 9.17) is 24.8 Å². The fourth-order valence-corrected chi connectivity index (χ4v) is 5.62. The van der Waals surface area contributed by atoms with Crippen LogP contribution >= 0.6 is 30.7 Å². The van der Waals surface area contributed by atoms with Gasteiger partial charge in [-0.1, -0.05) is 25.5 Å². The molecule has 3 heterocycles. The molecule has 0 radical (unpaired) electrons. The zero-order valence-electron chi connectivity index (χ0n) is 24.1. The lowest BCUT2D eigenvalue weighted by molar-refractivity contribution is -0.224. The molecule has 17 nitrogen and oxygen atoms in total. The fraction of sp³-hybridized carbons (Fsp3) is 0.696. The van der Waals surface area contributed by atoms with Gasteiger partial charge in [0.25, 0.3) is 8.09 Å². The van der Waals surface area contributed by atoms with Crippen LogP contribution in [0.1, 0.15) is 47.8 Å². The van der Waals surface area contributed by atoms with Crippen LogP contribution in [-0.4, -0.2) is 102 Å². The topological polar surface area (TPSA) is 240 Å². The SMILES string of the molecule is COc1nc(N)nc2c1nc(I)n2[C@@H]1O[C@H](CON([C@@H](C)C(=O)OCC(C)(C)C)/[P+]([O-])=N/C(C)C(=O)O)[C@@H](O)[C@@]1(C)O. The highest BCUT2D eigenvalue weighted by Crippen LogP contribution is 2.42. The molecule has 1 aliphatic rings. The number of hydrogen-bond acceptors (Lipinski definition) is 14. The van der Waals surface area contributed by atoms with Gasteiger partial charge in [0.05, 0.1) is 13.7 Å². The molecule has 2 unspecified atom stereocenters. The third-order valence-electron chi connectivity index (χ3n) is 6.15. The van der Waals surface area contributed by atoms with Crippen LogP contribution in [0, 0.1) is 9.25 Å². The summed E-state index contributed by atoms with van der Waals surface area (Å²) in [5.41, 5.74) is 3.95. The number of carbonyl (C=O) groups is 2. The molecule has 0 spiro atoms. The summed E-state index contributed by atoms with van der Waals surface area (Å²) in [6.45, 7) is 8.98. The van der Waals surface area contributed by atoms with Crippen LogP contribution in [0.4, 0.5) is 5.95 Å². The summed E-state index contributed by atoms with van der Waals surface area (Å²) < 4.78 is 22.0. The van der Waals surface area contributed by atoms with Crippen LogP contribution < -0.4 is 15.4 Å². The van der Waals surface area contributed by atoms with E-state index in [0.717, 1.165) is 0 Å². The van der Waals surface area contributed by atoms with E-state index in [1.165, 1.54) is 32.4 Å². The number of fused-ring (bicyclic) bond motifs is 1. The standard InChI is InChI=1S/C23H35IN7O10P/c1-10(17(33)34)29-42(37)31(11(2)18(35)39-9-22(3,4)5)40-8-12-14(32)23(6,36)19(41-12)30-15-13(26-20(30)24)16(38-7)28-21(25)27-15/h10-12,14,19,32,36H,8-9H2,1-7H3,(H,33,34)(H2,25,27,28)/t10?,11-,12+,14+,19+,23+/m0/s1. The number of anilines is 1. The number of ether oxygens (including phenoxy) is 3. The Morgan fingerprint density at radius 2 is 1.98 bits per heavy atom. The van der Waals surface area contributed by atoms with Gasteiger partial charge in [-0.3, -0.25) is 14.2 Å². The molecular weight excluding hydrogens is 692 g/mol. The van der Waals surface area contributed by atoms with Crippen LogP contribution in [0.2, 0.25) is 0 Å². The molecule has 19 heteroatoms. The first kappa shape index (κ1) is 34.2. The maximum absolute atomic E-state index is 13.1. The maximum atomic E-state index is 13.1. The molecule has 1 fully saturated rings. The number of carboxylic acids is 1. The number of aliphatic carboxylic acids is 1. The van der Waals surface area contributed by atoms with Crippen LogP contribution in [0.25, 0.3) is 11.2 Å². The highest BCUT2D eigenvalue weighted by atomic mass is 127. The third kappa shape index (κ3) is 7.42. The van der Waals surface area contributed by atoms with Crippen molar-refractivity contribution in [2.24, 2.45) is 10.2 Å². The molecule has 2 aromatic heterocycles. The molecule has 1 aliphatic heterocycles. The lowest BCUT2D eigenvalue weighted by Crippen LogP contribution is -2.46. The molecule has 3 rings (SSSR count). The molecule has 5 N–H and O–H groups in total. The van der Waals surface area contributed by atoms with Crippen LogP contribution in [0.5, 0.6) is 5.88 Å². The van der Waals surface area contributed by atoms with Gasteiger partial charge >= 0.3 is 11.9 Å². The second-order valence-corrected chi connectivity index (χ2v) is 13.1. The minimum absolute atomic E-state index is 0.0504. The summed E-state index contributed by atoms with van der Waals surface area (Å²) >= 11 is 1.89. The van der Waals surface area contributed by atoms with E-state index in [2.05, 4.69) is 19.7 Å². The Hall–Kier alpha value is -2.32. The molecule has 0 amide bonds. The minimum atomic E-state index is -2.93. The largest absolute Gasteiger partial charge is 0.593 e. The minimum Gasteiger partial charge on any atom is -0.593 e. The number of aromatic nitrogens is 4. The molecule has 42 heavy (non-hydrogen) atoms. The van der Waals surface area contributed by atoms with Crippen molar-refractivity contribution in [3.05, 3.63) is 3.83 Å². The number of rotatable bonds is 11. The normalized spacial score (nSPS) is 24.7. The Balaban J connectivity index is 1.90. The van der Waals surface area contributed by atoms with Gasteiger partial charge in [0.2, 0.25) is 11.8 Å². The second-order valence-electron chi connectivity index (χ2n) is 11.0. The van der Waals surface area contributed by atoms with Crippen molar-refractivity contribution in [1.82, 2.24) is 24.4 Å². The highest BCUT2D eigenvalue weighted by Gasteiger charge is 2.54. The Kier molecular flexibility index (Phi) is 10.7. The van der Waals surface area contributed by atoms with Crippen molar-refractivity contribution in [3.8, 4) is 5.88 Å². The van der Waals surface area contributed by atoms with Gasteiger partial charge < -0.3 is 40.2 Å². The number of carbonyl (C=O) groups excluding carboxylic acids is 1. The molecule has 0 aromatic carbocycles. The number of halogens is 1. The quantitative estimate of drug-likeness (QED) is 0.0814. The first-order valence-corrected chi connectivity index (χ1v) is 14.9. The van der Waals surface area contributed by atoms with Crippen LogP contribution in [-0.2, 0) is 23.9 Å². The molecule has 0 saturated carbocycles. The van der Waals surface area contributed by atoms with Gasteiger partial charge in [0.15, 0.2) is 33.3 Å². The number of carboxylic acid groups (broad SMARTS) is 1. The van der Waals surface area contributed by atoms with E-state index in [9.17, 15) is 29.8 Å². The van der Waals surface area contributed by atoms with Crippen molar-refractivity contribution in [1.29, 1.82) is 0 Å². The summed E-state index contributed by atoms with van der Waals surface area (Å²) in [7, 11) is -1.55. The number of hydroxylamine groups is 1. The van der Waals surface area contributed by atoms with Crippen molar-refractivity contribution >= 4 is 59.7 Å². The smallest absolute Gasteiger partial charge is 0.332 e. The molecule has 2 aromatic rings. The number of imidazole rings is 1. The Morgan fingerprint density at radius 1 is 1.33 bits per heavy atom. The molecule has 234 valence electrons. The summed E-state index contributed by atoms with van der Waals surface area (Å²) in [4.78, 5) is 56.1. The maximum Gasteiger partial charge on any atom is 0.332 e. The second kappa shape index (κ2) is 13.1. The van der Waals surface area contributed by atoms with E-state index < -0.39 is 62.8 Å². The zero-order valence-corrected chi connectivity index (χ0v) is 27.1. The first-order chi connectivity index (χ1) is 19.4. The lowest BCUT2D eigenvalue weighted by Gasteiger charge is -2.28. The number of nitrogens with zero attached hydrogens (tertiary/aromatic N) is 6. The predicted molar refractivity (Wildman–Crippen MR) is 154 cm³/mol. The predicted octanol–water partition coefficient (Wildman–Crippen LogP) is 0.571. The molecule has 0 bridgehead atoms. The van der Waals surface area contributed by atoms with Gasteiger partial charge in [-0.15, -0.1) is 0 Å². The van der Waals surface area contributed by atoms with Crippen molar-refractivity contribution in [2.75, 3.05) is 26.1 Å². The van der Waals surface area contributed by atoms with Crippen molar-refractivity contribution in [2.45, 2.75) is 77.7 Å². The number of aliphatic hydroxyl groups excluding tert-OH is 1. The summed E-state index contributed by atoms with van der Waals surface area (Å²) in [5, 5.41) is 31.6. The van der Waals surface area contributed by atoms with Gasteiger partial charge in [0, 0.05) is 27.4 Å². The average molecular weight is 727 g/mol. The van der Waals surface area contributed by atoms with E-state index in [-0.39, 0.29) is 35.0 Å². The van der Waals surface area contributed by atoms with E-state index in [0.29, 0.717) is 8.66 Å². The zero-order chi connectivity index (χ0) is 31.7. The Bertz CT molecular complexity index is 1350. The number of hydrogen-bond donors (Lipinski definition) is 4. The van der Waals surface area contributed by atoms with Crippen LogP contribution in [0.15, 0.2) is 4.74 Å². The van der Waals surface area contributed by atoms with Gasteiger partial charge in [-0.2, -0.15) is 9.97 Å². The average Bonchev–Trinajstić information content (AvgIpc) is 3.32. The lowest BCUT2D eigenvalue weighted by atomic mass is 9.96. The molecule has 1 saturated heterocycles. The van der Waals surface area contributed by atoms with Crippen LogP contribution in [0.3, 0.4) is 0 Å². The summed E-state index contributed by atoms with van der Waals surface area (Å²) in [6, 6.07) is -2.67. The van der Waals surface area contributed by atoms with Crippen molar-refractivity contribution < 1.29 is 48.9 Å². The third-order valence-corrected chi connectivity index (χ3v) is 8.26. The summed E-state index contributed by atoms with van der Waals surface area (Å²) in [6.07, 6.45) is -4.06. The number of nitrogens with two attached hydrogens (primary N) is 1. The molecular formula is C23H35IN7O10P. The van der Waals surface area contributed by atoms with E-state index >= 15 is 0 Å². The first-order valence-electron chi connectivity index (χ1n) is 12.7. The number of methoxy groups -OCH3 is 1. The fourth-order valence-electron chi connectivity index (χ4n) is 3.85. The van der Waals surface area contributed by atoms with Gasteiger partial charge in [0.1, 0.15) is 24.4 Å². The van der Waals surface area contributed by atoms with Gasteiger partial charge in [-0.05, 0) is 26.2 Å². The molecule has 7 atom stereocenters. The highest BCUT2D eigenvalue weighted by molar-refractivity contribution is 14.1.